The largest absolute Gasteiger partial charge is 0.494 e. The molecule has 0 unspecified atom stereocenters. The zero-order valence-corrected chi connectivity index (χ0v) is 24.2. The van der Waals surface area contributed by atoms with Crippen molar-refractivity contribution in [2.24, 2.45) is 0 Å². The van der Waals surface area contributed by atoms with Gasteiger partial charge in [-0.15, -0.1) is 5.10 Å². The third kappa shape index (κ3) is 5.80. The molecule has 0 saturated carbocycles. The first-order valence-corrected chi connectivity index (χ1v) is 13.6. The standard InChI is InChI=1S/C30H35N3O4S/c1-9-14-36-21-12-10-20(11-13-21)26-31-28-33(32-26)27(35)24(38-28)17-19-15-22(29(3,4)5)25(37-18(2)34)23(16-19)30(6,7)8/h10-13,15-17H,9,14H2,1-8H3/b24-17-. The quantitative estimate of drug-likeness (QED) is 0.234. The van der Waals surface area contributed by atoms with E-state index in [0.29, 0.717) is 27.7 Å². The van der Waals surface area contributed by atoms with Crippen LogP contribution in [0, 0.1) is 0 Å². The van der Waals surface area contributed by atoms with Gasteiger partial charge in [0, 0.05) is 23.6 Å². The molecule has 4 aromatic rings. The topological polar surface area (TPSA) is 82.8 Å². The lowest BCUT2D eigenvalue weighted by Gasteiger charge is -2.29. The highest BCUT2D eigenvalue weighted by atomic mass is 32.1. The van der Waals surface area contributed by atoms with Crippen molar-refractivity contribution < 1.29 is 14.3 Å². The van der Waals surface area contributed by atoms with Crippen molar-refractivity contribution in [3.63, 3.8) is 0 Å². The van der Waals surface area contributed by atoms with E-state index in [1.807, 2.05) is 42.5 Å². The van der Waals surface area contributed by atoms with E-state index < -0.39 is 0 Å². The second kappa shape index (κ2) is 10.3. The Morgan fingerprint density at radius 2 is 1.63 bits per heavy atom. The molecule has 8 heteroatoms. The molecule has 2 aromatic carbocycles. The number of nitrogens with zero attached hydrogens (tertiary/aromatic N) is 3. The summed E-state index contributed by atoms with van der Waals surface area (Å²) in [5, 5.41) is 4.48. The van der Waals surface area contributed by atoms with Gasteiger partial charge in [0.1, 0.15) is 11.5 Å². The van der Waals surface area contributed by atoms with Crippen LogP contribution < -0.4 is 19.6 Å². The molecular weight excluding hydrogens is 498 g/mol. The summed E-state index contributed by atoms with van der Waals surface area (Å²) in [4.78, 5) is 30.4. The van der Waals surface area contributed by atoms with Crippen molar-refractivity contribution in [1.29, 1.82) is 0 Å². The fraction of sp³-hybridized carbons (Fsp3) is 0.400. The normalized spacial score (nSPS) is 12.8. The first-order valence-electron chi connectivity index (χ1n) is 12.8. The van der Waals surface area contributed by atoms with E-state index in [1.165, 1.54) is 22.8 Å². The summed E-state index contributed by atoms with van der Waals surface area (Å²) >= 11 is 1.30. The van der Waals surface area contributed by atoms with E-state index in [1.54, 1.807) is 0 Å². The van der Waals surface area contributed by atoms with E-state index in [4.69, 9.17) is 9.47 Å². The molecule has 2 heterocycles. The van der Waals surface area contributed by atoms with E-state index in [9.17, 15) is 9.59 Å². The smallest absolute Gasteiger partial charge is 0.308 e. The summed E-state index contributed by atoms with van der Waals surface area (Å²) < 4.78 is 13.3. The van der Waals surface area contributed by atoms with Crippen molar-refractivity contribution >= 4 is 28.3 Å². The van der Waals surface area contributed by atoms with Gasteiger partial charge in [0.15, 0.2) is 5.82 Å². The molecule has 2 aromatic heterocycles. The molecule has 0 radical (unpaired) electrons. The van der Waals surface area contributed by atoms with E-state index >= 15 is 0 Å². The highest BCUT2D eigenvalue weighted by Crippen LogP contribution is 2.41. The molecule has 200 valence electrons. The predicted octanol–water partition coefficient (Wildman–Crippen LogP) is 5.67. The number of hydrogen-bond acceptors (Lipinski definition) is 7. The van der Waals surface area contributed by atoms with Crippen LogP contribution in [0.5, 0.6) is 11.5 Å². The van der Waals surface area contributed by atoms with Gasteiger partial charge in [0.25, 0.3) is 5.56 Å². The second-order valence-corrected chi connectivity index (χ2v) is 12.5. The maximum Gasteiger partial charge on any atom is 0.308 e. The van der Waals surface area contributed by atoms with Gasteiger partial charge in [-0.25, -0.2) is 0 Å². The van der Waals surface area contributed by atoms with Crippen molar-refractivity contribution in [3.8, 4) is 22.9 Å². The Morgan fingerprint density at radius 3 is 2.13 bits per heavy atom. The van der Waals surface area contributed by atoms with Crippen LogP contribution in [0.15, 0.2) is 41.2 Å². The summed E-state index contributed by atoms with van der Waals surface area (Å²) in [6.07, 6.45) is 2.81. The lowest BCUT2D eigenvalue weighted by molar-refractivity contribution is -0.132. The Bertz CT molecular complexity index is 1550. The molecule has 0 aliphatic carbocycles. The van der Waals surface area contributed by atoms with Crippen LogP contribution in [-0.4, -0.2) is 27.2 Å². The summed E-state index contributed by atoms with van der Waals surface area (Å²) in [7, 11) is 0. The molecule has 0 aliphatic heterocycles. The van der Waals surface area contributed by atoms with Crippen molar-refractivity contribution in [2.75, 3.05) is 6.61 Å². The van der Waals surface area contributed by atoms with Gasteiger partial charge in [0.2, 0.25) is 4.96 Å². The number of aromatic nitrogens is 3. The summed E-state index contributed by atoms with van der Waals surface area (Å²) in [5.74, 6) is 1.53. The zero-order valence-electron chi connectivity index (χ0n) is 23.3. The Morgan fingerprint density at radius 1 is 1.03 bits per heavy atom. The van der Waals surface area contributed by atoms with E-state index in [-0.39, 0.29) is 22.4 Å². The van der Waals surface area contributed by atoms with Gasteiger partial charge in [0.05, 0.1) is 11.1 Å². The molecule has 0 N–H and O–H groups in total. The first kappa shape index (κ1) is 27.5. The fourth-order valence-corrected chi connectivity index (χ4v) is 5.04. The summed E-state index contributed by atoms with van der Waals surface area (Å²) in [6, 6.07) is 11.6. The average molecular weight is 534 g/mol. The SMILES string of the molecule is CCCOc1ccc(-c2nc3s/c(=C\c4cc(C(C)(C)C)c(OC(C)=O)c(C(C)(C)C)c4)c(=O)n3n2)cc1. The molecule has 0 bridgehead atoms. The van der Waals surface area contributed by atoms with Gasteiger partial charge in [-0.1, -0.05) is 59.8 Å². The maximum absolute atomic E-state index is 13.3. The number of thiazole rings is 1. The van der Waals surface area contributed by atoms with Gasteiger partial charge < -0.3 is 9.47 Å². The molecule has 0 aliphatic rings. The number of carbonyl (C=O) groups is 1. The maximum atomic E-state index is 13.3. The highest BCUT2D eigenvalue weighted by molar-refractivity contribution is 7.15. The molecular formula is C30H35N3O4S. The van der Waals surface area contributed by atoms with Crippen molar-refractivity contribution in [3.05, 3.63) is 68.0 Å². The monoisotopic (exact) mass is 533 g/mol. The number of esters is 1. The lowest BCUT2D eigenvalue weighted by atomic mass is 9.78. The molecule has 0 fully saturated rings. The number of carbonyl (C=O) groups excluding carboxylic acids is 1. The number of ether oxygens (including phenoxy) is 2. The minimum atomic E-state index is -0.357. The van der Waals surface area contributed by atoms with E-state index in [2.05, 4.69) is 58.5 Å². The predicted molar refractivity (Wildman–Crippen MR) is 152 cm³/mol. The van der Waals surface area contributed by atoms with E-state index in [0.717, 1.165) is 34.4 Å². The average Bonchev–Trinajstić information content (AvgIpc) is 3.36. The number of fused-ring (bicyclic) bond motifs is 1. The molecule has 38 heavy (non-hydrogen) atoms. The fourth-order valence-electron chi connectivity index (χ4n) is 4.13. The zero-order chi connectivity index (χ0) is 27.8. The number of hydrogen-bond donors (Lipinski definition) is 0. The van der Waals surface area contributed by atoms with Crippen LogP contribution in [0.25, 0.3) is 22.4 Å². The molecule has 4 rings (SSSR count). The highest BCUT2D eigenvalue weighted by Gasteiger charge is 2.28. The van der Waals surface area contributed by atoms with Crippen molar-refractivity contribution in [2.45, 2.75) is 72.6 Å². The van der Waals surface area contributed by atoms with Gasteiger partial charge in [-0.2, -0.15) is 9.50 Å². The molecule has 0 spiro atoms. The number of benzene rings is 2. The Balaban J connectivity index is 1.79. The summed E-state index contributed by atoms with van der Waals surface area (Å²) in [5.41, 5.74) is 2.71. The number of rotatable bonds is 6. The minimum absolute atomic E-state index is 0.217. The minimum Gasteiger partial charge on any atom is -0.494 e. The summed E-state index contributed by atoms with van der Waals surface area (Å²) in [6.45, 7) is 16.6. The van der Waals surface area contributed by atoms with Crippen LogP contribution in [0.2, 0.25) is 0 Å². The molecule has 0 amide bonds. The van der Waals surface area contributed by atoms with Crippen LogP contribution in [0.4, 0.5) is 0 Å². The molecule has 7 nitrogen and oxygen atoms in total. The lowest BCUT2D eigenvalue weighted by Crippen LogP contribution is -2.24. The van der Waals surface area contributed by atoms with Crippen LogP contribution >= 0.6 is 11.3 Å². The van der Waals surface area contributed by atoms with Crippen LogP contribution in [-0.2, 0) is 15.6 Å². The second-order valence-electron chi connectivity index (χ2n) is 11.5. The Kier molecular flexibility index (Phi) is 7.48. The third-order valence-corrected chi connectivity index (χ3v) is 7.00. The van der Waals surface area contributed by atoms with Crippen LogP contribution in [0.1, 0.15) is 78.5 Å². The Hall–Kier alpha value is -3.52. The van der Waals surface area contributed by atoms with Crippen molar-refractivity contribution in [1.82, 2.24) is 14.6 Å². The first-order chi connectivity index (χ1) is 17.8. The molecule has 0 atom stereocenters. The van der Waals surface area contributed by atoms with Gasteiger partial charge >= 0.3 is 5.97 Å². The third-order valence-electron chi connectivity index (χ3n) is 6.04. The Labute approximate surface area is 227 Å². The molecule has 0 saturated heterocycles. The van der Waals surface area contributed by atoms with Gasteiger partial charge in [-0.05, 0) is 65.3 Å². The van der Waals surface area contributed by atoms with Crippen LogP contribution in [0.3, 0.4) is 0 Å². The van der Waals surface area contributed by atoms with Gasteiger partial charge in [-0.3, -0.25) is 9.59 Å².